The van der Waals surface area contributed by atoms with E-state index in [1.54, 1.807) is 19.1 Å². The van der Waals surface area contributed by atoms with Crippen LogP contribution >= 0.6 is 0 Å². The highest BCUT2D eigenvalue weighted by atomic mass is 16.1. The van der Waals surface area contributed by atoms with Crippen molar-refractivity contribution in [1.82, 2.24) is 0 Å². The Bertz CT molecular complexity index is 290. The van der Waals surface area contributed by atoms with E-state index in [-0.39, 0.29) is 11.7 Å². The largest absolute Gasteiger partial charge is 0.295 e. The van der Waals surface area contributed by atoms with Gasteiger partial charge in [0.05, 0.1) is 0 Å². The molecule has 0 aromatic heterocycles. The Morgan fingerprint density at radius 1 is 1.36 bits per heavy atom. The van der Waals surface area contributed by atoms with Gasteiger partial charge in [-0.3, -0.25) is 4.79 Å². The van der Waals surface area contributed by atoms with E-state index in [1.165, 1.54) is 0 Å². The minimum absolute atomic E-state index is 0.105. The number of Topliss-reactive ketones (excluding diaryl/α,β-unsaturated/α-hetero) is 1. The van der Waals surface area contributed by atoms with Gasteiger partial charge in [-0.15, -0.1) is 0 Å². The summed E-state index contributed by atoms with van der Waals surface area (Å²) >= 11 is 0. The second kappa shape index (κ2) is 6.14. The molecule has 0 atom stereocenters. The standard InChI is InChI=1S/C13H18O/c1-6-7-8-11(4)9-13(10(2)3)12(5)14/h6-10H,1,4H2,2-3,5H3/b8-7-,13-9-. The minimum Gasteiger partial charge on any atom is -0.295 e. The molecule has 0 fully saturated rings. The Morgan fingerprint density at radius 2 is 1.93 bits per heavy atom. The van der Waals surface area contributed by atoms with Gasteiger partial charge < -0.3 is 0 Å². The molecule has 0 N–H and O–H groups in total. The minimum atomic E-state index is 0.105. The Balaban J connectivity index is 4.74. The number of allylic oxidation sites excluding steroid dienone is 6. The molecule has 0 bridgehead atoms. The van der Waals surface area contributed by atoms with Crippen LogP contribution in [0.3, 0.4) is 0 Å². The van der Waals surface area contributed by atoms with Crippen molar-refractivity contribution in [3.05, 3.63) is 48.6 Å². The first kappa shape index (κ1) is 12.6. The molecular weight excluding hydrogens is 172 g/mol. The van der Waals surface area contributed by atoms with Crippen LogP contribution in [0.15, 0.2) is 48.6 Å². The summed E-state index contributed by atoms with van der Waals surface area (Å²) < 4.78 is 0. The van der Waals surface area contributed by atoms with Gasteiger partial charge in [0.15, 0.2) is 5.78 Å². The van der Waals surface area contributed by atoms with Gasteiger partial charge in [0, 0.05) is 0 Å². The molecule has 14 heavy (non-hydrogen) atoms. The molecule has 0 aromatic carbocycles. The first-order valence-electron chi connectivity index (χ1n) is 4.69. The number of hydrogen-bond acceptors (Lipinski definition) is 1. The highest BCUT2D eigenvalue weighted by Crippen LogP contribution is 2.13. The molecule has 0 aromatic rings. The maximum absolute atomic E-state index is 11.2. The number of rotatable bonds is 5. The van der Waals surface area contributed by atoms with E-state index in [9.17, 15) is 4.79 Å². The van der Waals surface area contributed by atoms with Gasteiger partial charge in [0.1, 0.15) is 0 Å². The quantitative estimate of drug-likeness (QED) is 0.479. The summed E-state index contributed by atoms with van der Waals surface area (Å²) in [6.45, 7) is 13.0. The highest BCUT2D eigenvalue weighted by Gasteiger charge is 2.07. The molecule has 0 aliphatic heterocycles. The van der Waals surface area contributed by atoms with Gasteiger partial charge in [-0.25, -0.2) is 0 Å². The third-order valence-corrected chi connectivity index (χ3v) is 1.82. The molecule has 0 aliphatic rings. The maximum atomic E-state index is 11.2. The van der Waals surface area contributed by atoms with Crippen molar-refractivity contribution in [2.75, 3.05) is 0 Å². The molecule has 0 radical (unpaired) electrons. The molecular formula is C13H18O. The topological polar surface area (TPSA) is 17.1 Å². The molecule has 0 heterocycles. The maximum Gasteiger partial charge on any atom is 0.156 e. The Labute approximate surface area is 86.5 Å². The second-order valence-electron chi connectivity index (χ2n) is 3.48. The zero-order valence-corrected chi connectivity index (χ0v) is 9.21. The second-order valence-corrected chi connectivity index (χ2v) is 3.48. The van der Waals surface area contributed by atoms with Crippen molar-refractivity contribution >= 4 is 5.78 Å². The number of carbonyl (C=O) groups excluding carboxylic acids is 1. The van der Waals surface area contributed by atoms with E-state index in [1.807, 2.05) is 26.0 Å². The molecule has 0 aliphatic carbocycles. The fourth-order valence-electron chi connectivity index (χ4n) is 1.11. The van der Waals surface area contributed by atoms with Crippen LogP contribution < -0.4 is 0 Å². The summed E-state index contributed by atoms with van der Waals surface area (Å²) in [5.74, 6) is 0.342. The van der Waals surface area contributed by atoms with E-state index in [0.717, 1.165) is 11.1 Å². The first-order chi connectivity index (χ1) is 6.49. The molecule has 0 saturated heterocycles. The lowest BCUT2D eigenvalue weighted by atomic mass is 9.97. The van der Waals surface area contributed by atoms with Crippen LogP contribution in [-0.4, -0.2) is 5.78 Å². The normalized spacial score (nSPS) is 12.1. The zero-order chi connectivity index (χ0) is 11.1. The predicted octanol–water partition coefficient (Wildman–Crippen LogP) is 3.46. The summed E-state index contributed by atoms with van der Waals surface area (Å²) in [6.07, 6.45) is 7.14. The predicted molar refractivity (Wildman–Crippen MR) is 62.1 cm³/mol. The first-order valence-corrected chi connectivity index (χ1v) is 4.69. The van der Waals surface area contributed by atoms with Crippen LogP contribution in [0.25, 0.3) is 0 Å². The monoisotopic (exact) mass is 190 g/mol. The summed E-state index contributed by atoms with van der Waals surface area (Å²) in [7, 11) is 0. The average Bonchev–Trinajstić information content (AvgIpc) is 2.09. The highest BCUT2D eigenvalue weighted by molar-refractivity contribution is 5.94. The summed E-state index contributed by atoms with van der Waals surface area (Å²) in [5.41, 5.74) is 1.63. The van der Waals surface area contributed by atoms with E-state index >= 15 is 0 Å². The molecule has 1 nitrogen and oxygen atoms in total. The van der Waals surface area contributed by atoms with E-state index in [4.69, 9.17) is 0 Å². The van der Waals surface area contributed by atoms with Crippen LogP contribution in [0.1, 0.15) is 20.8 Å². The molecule has 0 unspecified atom stereocenters. The van der Waals surface area contributed by atoms with Gasteiger partial charge in [-0.05, 0) is 30.1 Å². The Kier molecular flexibility index (Phi) is 5.54. The van der Waals surface area contributed by atoms with Crippen molar-refractivity contribution in [3.63, 3.8) is 0 Å². The van der Waals surface area contributed by atoms with Crippen molar-refractivity contribution in [2.45, 2.75) is 20.8 Å². The number of ketones is 1. The van der Waals surface area contributed by atoms with Gasteiger partial charge in [0.25, 0.3) is 0 Å². The van der Waals surface area contributed by atoms with Crippen molar-refractivity contribution in [1.29, 1.82) is 0 Å². The lowest BCUT2D eigenvalue weighted by Gasteiger charge is -2.07. The van der Waals surface area contributed by atoms with Gasteiger partial charge in [0.2, 0.25) is 0 Å². The number of hydrogen-bond donors (Lipinski definition) is 0. The van der Waals surface area contributed by atoms with Crippen LogP contribution in [0, 0.1) is 5.92 Å². The van der Waals surface area contributed by atoms with Gasteiger partial charge in [-0.2, -0.15) is 0 Å². The Hall–Kier alpha value is -1.37. The third-order valence-electron chi connectivity index (χ3n) is 1.82. The lowest BCUT2D eigenvalue weighted by molar-refractivity contribution is -0.114. The SMILES string of the molecule is C=C/C=C\C(=C)/C=C(\C(C)=O)C(C)C. The Morgan fingerprint density at radius 3 is 2.29 bits per heavy atom. The van der Waals surface area contributed by atoms with Crippen LogP contribution in [0.5, 0.6) is 0 Å². The van der Waals surface area contributed by atoms with Crippen LogP contribution in [-0.2, 0) is 4.79 Å². The molecule has 1 heteroatoms. The fourth-order valence-corrected chi connectivity index (χ4v) is 1.11. The van der Waals surface area contributed by atoms with Crippen LogP contribution in [0.4, 0.5) is 0 Å². The molecule has 0 amide bonds. The molecule has 0 saturated carbocycles. The smallest absolute Gasteiger partial charge is 0.156 e. The summed E-state index contributed by atoms with van der Waals surface area (Å²) in [4.78, 5) is 11.2. The van der Waals surface area contributed by atoms with Crippen molar-refractivity contribution < 1.29 is 4.79 Å². The van der Waals surface area contributed by atoms with E-state index in [2.05, 4.69) is 13.2 Å². The molecule has 0 rings (SSSR count). The molecule has 0 spiro atoms. The van der Waals surface area contributed by atoms with Gasteiger partial charge in [-0.1, -0.05) is 45.2 Å². The zero-order valence-electron chi connectivity index (χ0n) is 9.21. The third kappa shape index (κ3) is 4.61. The molecule has 76 valence electrons. The van der Waals surface area contributed by atoms with Crippen molar-refractivity contribution in [2.24, 2.45) is 5.92 Å². The lowest BCUT2D eigenvalue weighted by Crippen LogP contribution is -2.04. The summed E-state index contributed by atoms with van der Waals surface area (Å²) in [5, 5.41) is 0. The van der Waals surface area contributed by atoms with Crippen molar-refractivity contribution in [3.8, 4) is 0 Å². The summed E-state index contributed by atoms with van der Waals surface area (Å²) in [6, 6.07) is 0. The van der Waals surface area contributed by atoms with Crippen LogP contribution in [0.2, 0.25) is 0 Å². The van der Waals surface area contributed by atoms with Gasteiger partial charge >= 0.3 is 0 Å². The van der Waals surface area contributed by atoms with E-state index < -0.39 is 0 Å². The average molecular weight is 190 g/mol. The fraction of sp³-hybridized carbons (Fsp3) is 0.308. The number of carbonyl (C=O) groups is 1. The van der Waals surface area contributed by atoms with E-state index in [0.29, 0.717) is 0 Å².